The molecule has 136 valence electrons. The van der Waals surface area contributed by atoms with Crippen molar-refractivity contribution in [3.8, 4) is 0 Å². The lowest BCUT2D eigenvalue weighted by Gasteiger charge is -2.23. The molecule has 1 saturated heterocycles. The van der Waals surface area contributed by atoms with E-state index in [1.54, 1.807) is 24.1 Å². The number of fused-ring (bicyclic) bond motifs is 1. The number of carboxylic acids is 1. The maximum atomic E-state index is 12.6. The van der Waals surface area contributed by atoms with E-state index in [1.807, 2.05) is 0 Å². The molecule has 3 rings (SSSR count). The highest BCUT2D eigenvalue weighted by atomic mass is 32.1. The molecule has 0 unspecified atom stereocenters. The van der Waals surface area contributed by atoms with E-state index in [2.05, 4.69) is 5.32 Å². The fourth-order valence-electron chi connectivity index (χ4n) is 3.96. The van der Waals surface area contributed by atoms with E-state index in [0.717, 1.165) is 18.4 Å². The van der Waals surface area contributed by atoms with E-state index >= 15 is 0 Å². The van der Waals surface area contributed by atoms with Crippen molar-refractivity contribution in [3.05, 3.63) is 16.5 Å². The van der Waals surface area contributed by atoms with Crippen LogP contribution in [0.3, 0.4) is 0 Å². The molecule has 2 heterocycles. The molecule has 1 aliphatic heterocycles. The first-order valence-electron chi connectivity index (χ1n) is 8.43. The van der Waals surface area contributed by atoms with Gasteiger partial charge < -0.3 is 14.7 Å². The number of hydrogen-bond acceptors (Lipinski definition) is 5. The summed E-state index contributed by atoms with van der Waals surface area (Å²) in [6, 6.07) is -0.359. The lowest BCUT2D eigenvalue weighted by Crippen LogP contribution is -2.38. The van der Waals surface area contributed by atoms with Gasteiger partial charge in [-0.1, -0.05) is 6.42 Å². The SMILES string of the molecule is CCOC(=O)c1c(C)csc1NC(=O)N1C[C@@H]2CCC[C@@]2(C(=O)O)C1. The Morgan fingerprint density at radius 2 is 2.24 bits per heavy atom. The zero-order valence-electron chi connectivity index (χ0n) is 14.3. The standard InChI is InChI=1S/C17H22N2O5S/c1-3-24-14(20)12-10(2)8-25-13(12)18-16(23)19-7-11-5-4-6-17(11,9-19)15(21)22/h8,11H,3-7,9H2,1-2H3,(H,18,23)(H,21,22)/t11-,17+/m0/s1. The van der Waals surface area contributed by atoms with Crippen molar-refractivity contribution in [2.75, 3.05) is 25.0 Å². The molecular weight excluding hydrogens is 344 g/mol. The van der Waals surface area contributed by atoms with Gasteiger partial charge in [-0.05, 0) is 43.6 Å². The van der Waals surface area contributed by atoms with Crippen LogP contribution < -0.4 is 5.32 Å². The topological polar surface area (TPSA) is 95.9 Å². The quantitative estimate of drug-likeness (QED) is 0.799. The molecule has 1 aromatic rings. The number of carbonyl (C=O) groups is 3. The molecular formula is C17H22N2O5S. The number of ether oxygens (including phenoxy) is 1. The Bertz CT molecular complexity index is 716. The highest BCUT2D eigenvalue weighted by Crippen LogP contribution is 2.49. The van der Waals surface area contributed by atoms with Crippen molar-refractivity contribution in [3.63, 3.8) is 0 Å². The molecule has 0 radical (unpaired) electrons. The van der Waals surface area contributed by atoms with Gasteiger partial charge in [0.05, 0.1) is 17.6 Å². The maximum Gasteiger partial charge on any atom is 0.341 e. The van der Waals surface area contributed by atoms with Gasteiger partial charge in [-0.25, -0.2) is 9.59 Å². The van der Waals surface area contributed by atoms with Gasteiger partial charge in [0.1, 0.15) is 5.00 Å². The fraction of sp³-hybridized carbons (Fsp3) is 0.588. The molecule has 2 atom stereocenters. The number of anilines is 1. The summed E-state index contributed by atoms with van der Waals surface area (Å²) in [5.41, 5.74) is 0.304. The molecule has 1 aliphatic carbocycles. The zero-order chi connectivity index (χ0) is 18.2. The van der Waals surface area contributed by atoms with E-state index in [0.29, 0.717) is 23.5 Å². The second-order valence-corrected chi connectivity index (χ2v) is 7.58. The van der Waals surface area contributed by atoms with Crippen LogP contribution in [0.1, 0.15) is 42.1 Å². The number of likely N-dealkylation sites (tertiary alicyclic amines) is 1. The Morgan fingerprint density at radius 3 is 2.88 bits per heavy atom. The van der Waals surface area contributed by atoms with Gasteiger partial charge in [0.2, 0.25) is 0 Å². The van der Waals surface area contributed by atoms with Gasteiger partial charge in [0.15, 0.2) is 0 Å². The van der Waals surface area contributed by atoms with Crippen LogP contribution in [0.5, 0.6) is 0 Å². The Balaban J connectivity index is 1.74. The van der Waals surface area contributed by atoms with E-state index in [1.165, 1.54) is 11.3 Å². The van der Waals surface area contributed by atoms with Crippen molar-refractivity contribution in [1.29, 1.82) is 0 Å². The Morgan fingerprint density at radius 1 is 1.48 bits per heavy atom. The van der Waals surface area contributed by atoms with Crippen LogP contribution in [0.15, 0.2) is 5.38 Å². The van der Waals surface area contributed by atoms with Gasteiger partial charge in [-0.2, -0.15) is 0 Å². The molecule has 25 heavy (non-hydrogen) atoms. The lowest BCUT2D eigenvalue weighted by molar-refractivity contribution is -0.149. The van der Waals surface area contributed by atoms with Crippen LogP contribution in [0.2, 0.25) is 0 Å². The first-order chi connectivity index (χ1) is 11.9. The number of aryl methyl sites for hydroxylation is 1. The van der Waals surface area contributed by atoms with Crippen LogP contribution in [-0.2, 0) is 9.53 Å². The molecule has 2 amide bonds. The second-order valence-electron chi connectivity index (χ2n) is 6.70. The number of esters is 1. The number of rotatable bonds is 4. The highest BCUT2D eigenvalue weighted by Gasteiger charge is 2.55. The van der Waals surface area contributed by atoms with E-state index in [9.17, 15) is 19.5 Å². The van der Waals surface area contributed by atoms with Crippen LogP contribution >= 0.6 is 11.3 Å². The summed E-state index contributed by atoms with van der Waals surface area (Å²) >= 11 is 1.27. The normalized spacial score (nSPS) is 24.9. The Hall–Kier alpha value is -2.09. The first-order valence-corrected chi connectivity index (χ1v) is 9.31. The summed E-state index contributed by atoms with van der Waals surface area (Å²) in [5, 5.41) is 14.6. The number of nitrogens with one attached hydrogen (secondary N) is 1. The molecule has 0 spiro atoms. The van der Waals surface area contributed by atoms with Crippen LogP contribution in [-0.4, -0.2) is 47.7 Å². The van der Waals surface area contributed by atoms with E-state index in [-0.39, 0.29) is 25.1 Å². The van der Waals surface area contributed by atoms with Crippen LogP contribution in [0.25, 0.3) is 0 Å². The molecule has 7 nitrogen and oxygen atoms in total. The van der Waals surface area contributed by atoms with E-state index < -0.39 is 17.4 Å². The number of carbonyl (C=O) groups excluding carboxylic acids is 2. The summed E-state index contributed by atoms with van der Waals surface area (Å²) in [6.07, 6.45) is 2.34. The van der Waals surface area contributed by atoms with Crippen molar-refractivity contribution in [2.24, 2.45) is 11.3 Å². The Kier molecular flexibility index (Phi) is 4.73. The molecule has 0 aromatic carbocycles. The molecule has 1 saturated carbocycles. The third-order valence-electron chi connectivity index (χ3n) is 5.26. The highest BCUT2D eigenvalue weighted by molar-refractivity contribution is 7.15. The number of urea groups is 1. The average molecular weight is 366 g/mol. The van der Waals surface area contributed by atoms with Crippen molar-refractivity contribution >= 4 is 34.3 Å². The number of hydrogen-bond donors (Lipinski definition) is 2. The summed E-state index contributed by atoms with van der Waals surface area (Å²) in [7, 11) is 0. The summed E-state index contributed by atoms with van der Waals surface area (Å²) in [6.45, 7) is 4.44. The average Bonchev–Trinajstić information content (AvgIpc) is 3.20. The smallest absolute Gasteiger partial charge is 0.341 e. The van der Waals surface area contributed by atoms with Crippen molar-refractivity contribution < 1.29 is 24.2 Å². The molecule has 2 N–H and O–H groups in total. The minimum atomic E-state index is -0.815. The lowest BCUT2D eigenvalue weighted by atomic mass is 9.81. The van der Waals surface area contributed by atoms with Gasteiger partial charge in [0, 0.05) is 13.1 Å². The minimum Gasteiger partial charge on any atom is -0.481 e. The fourth-order valence-corrected chi connectivity index (χ4v) is 4.88. The molecule has 1 aromatic heterocycles. The minimum absolute atomic E-state index is 0.00495. The molecule has 8 heteroatoms. The number of aliphatic carboxylic acids is 1. The molecule has 2 aliphatic rings. The van der Waals surface area contributed by atoms with Crippen LogP contribution in [0.4, 0.5) is 9.80 Å². The second kappa shape index (κ2) is 6.67. The summed E-state index contributed by atoms with van der Waals surface area (Å²) in [5.74, 6) is -1.27. The Labute approximate surface area is 150 Å². The predicted octanol–water partition coefficient (Wildman–Crippen LogP) is 2.95. The number of thiophene rings is 1. The third kappa shape index (κ3) is 2.99. The maximum absolute atomic E-state index is 12.6. The summed E-state index contributed by atoms with van der Waals surface area (Å²) in [4.78, 5) is 38.0. The summed E-state index contributed by atoms with van der Waals surface area (Å²) < 4.78 is 5.05. The first kappa shape index (κ1) is 17.7. The largest absolute Gasteiger partial charge is 0.481 e. The number of nitrogens with zero attached hydrogens (tertiary/aromatic N) is 1. The third-order valence-corrected chi connectivity index (χ3v) is 6.27. The van der Waals surface area contributed by atoms with Crippen molar-refractivity contribution in [2.45, 2.75) is 33.1 Å². The number of amides is 2. The van der Waals surface area contributed by atoms with Gasteiger partial charge in [-0.3, -0.25) is 10.1 Å². The van der Waals surface area contributed by atoms with E-state index in [4.69, 9.17) is 4.74 Å². The van der Waals surface area contributed by atoms with Crippen LogP contribution in [0, 0.1) is 18.3 Å². The van der Waals surface area contributed by atoms with Gasteiger partial charge in [-0.15, -0.1) is 11.3 Å². The molecule has 2 fully saturated rings. The number of carboxylic acid groups (broad SMARTS) is 1. The predicted molar refractivity (Wildman–Crippen MR) is 93.0 cm³/mol. The molecule has 0 bridgehead atoms. The van der Waals surface area contributed by atoms with Gasteiger partial charge >= 0.3 is 18.0 Å². The zero-order valence-corrected chi connectivity index (χ0v) is 15.1. The monoisotopic (exact) mass is 366 g/mol. The van der Waals surface area contributed by atoms with Crippen molar-refractivity contribution in [1.82, 2.24) is 4.90 Å². The van der Waals surface area contributed by atoms with Gasteiger partial charge in [0.25, 0.3) is 0 Å².